The molecule has 0 fully saturated rings. The number of pyridine rings is 1. The van der Waals surface area contributed by atoms with Crippen molar-refractivity contribution in [3.8, 4) is 0 Å². The Kier molecular flexibility index (Phi) is 2.98. The van der Waals surface area contributed by atoms with Crippen molar-refractivity contribution in [3.05, 3.63) is 29.7 Å². The molecule has 0 aliphatic heterocycles. The maximum absolute atomic E-state index is 5.51. The van der Waals surface area contributed by atoms with Gasteiger partial charge >= 0.3 is 0 Å². The van der Waals surface area contributed by atoms with Crippen LogP contribution in [-0.4, -0.2) is 20.2 Å². The van der Waals surface area contributed by atoms with Gasteiger partial charge in [0.05, 0.1) is 5.69 Å². The van der Waals surface area contributed by atoms with Crippen LogP contribution in [-0.2, 0) is 6.54 Å². The lowest BCUT2D eigenvalue weighted by molar-refractivity contribution is 0.929. The standard InChI is InChI=1S/C9H11N5S/c1-6-11-9(14-13-6)15-8-4-2-3-7(5-10)12-8/h2-4H,5,10H2,1H3,(H,11,13,14). The van der Waals surface area contributed by atoms with E-state index in [9.17, 15) is 0 Å². The third-order valence-corrected chi connectivity index (χ3v) is 2.56. The molecule has 2 aromatic rings. The third-order valence-electron chi connectivity index (χ3n) is 1.76. The number of hydrogen-bond donors (Lipinski definition) is 2. The second-order valence-electron chi connectivity index (χ2n) is 2.98. The molecule has 0 unspecified atom stereocenters. The first-order chi connectivity index (χ1) is 7.28. The number of nitrogens with two attached hydrogens (primary N) is 1. The second kappa shape index (κ2) is 4.41. The fraction of sp³-hybridized carbons (Fsp3) is 0.222. The van der Waals surface area contributed by atoms with Crippen LogP contribution in [0.15, 0.2) is 28.4 Å². The smallest absolute Gasteiger partial charge is 0.214 e. The fourth-order valence-electron chi connectivity index (χ4n) is 1.09. The van der Waals surface area contributed by atoms with Crippen molar-refractivity contribution in [2.24, 2.45) is 5.73 Å². The summed E-state index contributed by atoms with van der Waals surface area (Å²) in [4.78, 5) is 8.53. The van der Waals surface area contributed by atoms with E-state index in [0.29, 0.717) is 11.7 Å². The Morgan fingerprint density at radius 1 is 1.40 bits per heavy atom. The van der Waals surface area contributed by atoms with Crippen LogP contribution in [0.25, 0.3) is 0 Å². The predicted octanol–water partition coefficient (Wildman–Crippen LogP) is 1.12. The van der Waals surface area contributed by atoms with Crippen molar-refractivity contribution in [1.82, 2.24) is 20.2 Å². The minimum Gasteiger partial charge on any atom is -0.325 e. The molecule has 2 heterocycles. The molecule has 2 aromatic heterocycles. The van der Waals surface area contributed by atoms with Crippen molar-refractivity contribution in [3.63, 3.8) is 0 Å². The van der Waals surface area contributed by atoms with Gasteiger partial charge in [-0.15, -0.1) is 5.10 Å². The van der Waals surface area contributed by atoms with Crippen molar-refractivity contribution in [2.45, 2.75) is 23.7 Å². The first-order valence-corrected chi connectivity index (χ1v) is 5.32. The van der Waals surface area contributed by atoms with Crippen LogP contribution in [0.2, 0.25) is 0 Å². The lowest BCUT2D eigenvalue weighted by atomic mass is 10.4. The summed E-state index contributed by atoms with van der Waals surface area (Å²) in [5, 5.41) is 8.34. The normalized spacial score (nSPS) is 10.5. The lowest BCUT2D eigenvalue weighted by Gasteiger charge is -1.98. The highest BCUT2D eigenvalue weighted by Crippen LogP contribution is 2.22. The van der Waals surface area contributed by atoms with Crippen LogP contribution in [0.1, 0.15) is 11.5 Å². The molecule has 2 rings (SSSR count). The summed E-state index contributed by atoms with van der Waals surface area (Å²) < 4.78 is 0. The maximum atomic E-state index is 5.51. The summed E-state index contributed by atoms with van der Waals surface area (Å²) in [6.45, 7) is 2.31. The largest absolute Gasteiger partial charge is 0.325 e. The van der Waals surface area contributed by atoms with Gasteiger partial charge in [-0.3, -0.25) is 5.10 Å². The van der Waals surface area contributed by atoms with E-state index in [0.717, 1.165) is 16.5 Å². The minimum absolute atomic E-state index is 0.446. The Morgan fingerprint density at radius 3 is 2.93 bits per heavy atom. The van der Waals surface area contributed by atoms with Crippen LogP contribution in [0, 0.1) is 6.92 Å². The molecule has 0 radical (unpaired) electrons. The number of aromatic nitrogens is 4. The van der Waals surface area contributed by atoms with Crippen molar-refractivity contribution >= 4 is 11.8 Å². The number of hydrogen-bond acceptors (Lipinski definition) is 5. The maximum Gasteiger partial charge on any atom is 0.214 e. The first kappa shape index (κ1) is 10.1. The summed E-state index contributed by atoms with van der Waals surface area (Å²) in [7, 11) is 0. The molecule has 0 atom stereocenters. The number of nitrogens with one attached hydrogen (secondary N) is 1. The van der Waals surface area contributed by atoms with Crippen LogP contribution in [0.4, 0.5) is 0 Å². The molecule has 0 bridgehead atoms. The summed E-state index contributed by atoms with van der Waals surface area (Å²) in [6, 6.07) is 5.74. The van der Waals surface area contributed by atoms with Gasteiger partial charge in [-0.2, -0.15) is 0 Å². The molecule has 6 heteroatoms. The van der Waals surface area contributed by atoms with Gasteiger partial charge in [0.1, 0.15) is 10.9 Å². The minimum atomic E-state index is 0.446. The van der Waals surface area contributed by atoms with Gasteiger partial charge in [-0.05, 0) is 30.8 Å². The summed E-state index contributed by atoms with van der Waals surface area (Å²) in [5.74, 6) is 0.799. The van der Waals surface area contributed by atoms with Gasteiger partial charge in [0.2, 0.25) is 5.16 Å². The van der Waals surface area contributed by atoms with Gasteiger partial charge in [0, 0.05) is 6.54 Å². The molecule has 0 saturated heterocycles. The Morgan fingerprint density at radius 2 is 2.27 bits per heavy atom. The molecule has 0 aromatic carbocycles. The number of nitrogens with zero attached hydrogens (tertiary/aromatic N) is 3. The number of H-pyrrole nitrogens is 1. The highest BCUT2D eigenvalue weighted by Gasteiger charge is 2.04. The topological polar surface area (TPSA) is 80.5 Å². The summed E-state index contributed by atoms with van der Waals surface area (Å²) in [6.07, 6.45) is 0. The fourth-order valence-corrected chi connectivity index (χ4v) is 1.86. The molecule has 5 nitrogen and oxygen atoms in total. The second-order valence-corrected chi connectivity index (χ2v) is 3.96. The van der Waals surface area contributed by atoms with Crippen LogP contribution >= 0.6 is 11.8 Å². The summed E-state index contributed by atoms with van der Waals surface area (Å²) >= 11 is 1.42. The van der Waals surface area contributed by atoms with Crippen LogP contribution < -0.4 is 5.73 Å². The lowest BCUT2D eigenvalue weighted by Crippen LogP contribution is -1.99. The molecule has 78 valence electrons. The van der Waals surface area contributed by atoms with E-state index in [1.165, 1.54) is 11.8 Å². The molecule has 15 heavy (non-hydrogen) atoms. The van der Waals surface area contributed by atoms with Gasteiger partial charge in [0.15, 0.2) is 0 Å². The predicted molar refractivity (Wildman–Crippen MR) is 57.4 cm³/mol. The highest BCUT2D eigenvalue weighted by molar-refractivity contribution is 7.99. The summed E-state index contributed by atoms with van der Waals surface area (Å²) in [5.41, 5.74) is 6.37. The monoisotopic (exact) mass is 221 g/mol. The molecule has 0 amide bonds. The van der Waals surface area contributed by atoms with E-state index in [4.69, 9.17) is 5.73 Å². The third kappa shape index (κ3) is 2.54. The quantitative estimate of drug-likeness (QED) is 0.811. The molecule has 3 N–H and O–H groups in total. The van der Waals surface area contributed by atoms with Gasteiger partial charge < -0.3 is 5.73 Å². The Balaban J connectivity index is 2.16. The number of rotatable bonds is 3. The van der Waals surface area contributed by atoms with E-state index in [2.05, 4.69) is 20.2 Å². The van der Waals surface area contributed by atoms with Gasteiger partial charge in [-0.25, -0.2) is 9.97 Å². The average Bonchev–Trinajstić information content (AvgIpc) is 2.64. The van der Waals surface area contributed by atoms with E-state index in [1.807, 2.05) is 25.1 Å². The molecule has 0 aliphatic carbocycles. The van der Waals surface area contributed by atoms with Crippen LogP contribution in [0.5, 0.6) is 0 Å². The van der Waals surface area contributed by atoms with Crippen molar-refractivity contribution in [1.29, 1.82) is 0 Å². The molecule has 0 saturated carbocycles. The van der Waals surface area contributed by atoms with E-state index in [-0.39, 0.29) is 0 Å². The zero-order chi connectivity index (χ0) is 10.7. The highest BCUT2D eigenvalue weighted by atomic mass is 32.2. The molecule has 0 aliphatic rings. The van der Waals surface area contributed by atoms with E-state index in [1.54, 1.807) is 0 Å². The average molecular weight is 221 g/mol. The zero-order valence-electron chi connectivity index (χ0n) is 8.27. The molecular formula is C9H11N5S. The van der Waals surface area contributed by atoms with Gasteiger partial charge in [0.25, 0.3) is 0 Å². The number of aromatic amines is 1. The van der Waals surface area contributed by atoms with Crippen molar-refractivity contribution < 1.29 is 0 Å². The van der Waals surface area contributed by atoms with Crippen LogP contribution in [0.3, 0.4) is 0 Å². The Hall–Kier alpha value is -1.40. The van der Waals surface area contributed by atoms with E-state index < -0.39 is 0 Å². The Labute approximate surface area is 91.5 Å². The Bertz CT molecular complexity index is 453. The first-order valence-electron chi connectivity index (χ1n) is 4.51. The molecule has 0 spiro atoms. The SMILES string of the molecule is Cc1nc(Sc2cccc(CN)n2)n[nH]1. The zero-order valence-corrected chi connectivity index (χ0v) is 9.08. The molecular weight excluding hydrogens is 210 g/mol. The number of aryl methyl sites for hydroxylation is 1. The van der Waals surface area contributed by atoms with E-state index >= 15 is 0 Å². The van der Waals surface area contributed by atoms with Gasteiger partial charge in [-0.1, -0.05) is 6.07 Å². The van der Waals surface area contributed by atoms with Crippen molar-refractivity contribution in [2.75, 3.05) is 0 Å².